The molecule has 25 heavy (non-hydrogen) atoms. The lowest BCUT2D eigenvalue weighted by Crippen LogP contribution is -2.05. The summed E-state index contributed by atoms with van der Waals surface area (Å²) in [7, 11) is 0. The average molecular weight is 336 g/mol. The van der Waals surface area contributed by atoms with Gasteiger partial charge in [0.2, 0.25) is 0 Å². The maximum atomic E-state index is 11.9. The number of nitrogens with one attached hydrogen (secondary N) is 1. The number of para-hydroxylation sites is 1. The molecule has 0 aliphatic carbocycles. The molecule has 1 N–H and O–H groups in total. The topological polar surface area (TPSA) is 60.5 Å². The van der Waals surface area contributed by atoms with Gasteiger partial charge in [0.1, 0.15) is 11.3 Å². The maximum Gasteiger partial charge on any atom is 0.338 e. The number of aromatic nitrogens is 1. The van der Waals surface area contributed by atoms with Gasteiger partial charge in [0.05, 0.1) is 18.8 Å². The fourth-order valence-electron chi connectivity index (χ4n) is 2.62. The lowest BCUT2D eigenvalue weighted by Gasteiger charge is -2.12. The van der Waals surface area contributed by atoms with E-state index < -0.39 is 0 Å². The Labute approximate surface area is 146 Å². The minimum Gasteiger partial charge on any atom is -0.492 e. The summed E-state index contributed by atoms with van der Waals surface area (Å²) < 4.78 is 10.7. The van der Waals surface area contributed by atoms with Gasteiger partial charge in [-0.05, 0) is 44.2 Å². The van der Waals surface area contributed by atoms with Crippen LogP contribution in [0, 0.1) is 0 Å². The van der Waals surface area contributed by atoms with E-state index in [1.165, 1.54) is 0 Å². The molecule has 0 bridgehead atoms. The lowest BCUT2D eigenvalue weighted by molar-refractivity contribution is 0.0526. The highest BCUT2D eigenvalue weighted by Gasteiger charge is 2.10. The predicted octanol–water partition coefficient (Wildman–Crippen LogP) is 4.55. The number of fused-ring (bicyclic) bond motifs is 1. The Morgan fingerprint density at radius 3 is 2.72 bits per heavy atom. The summed E-state index contributed by atoms with van der Waals surface area (Å²) in [6.07, 6.45) is 1.74. The minimum atomic E-state index is -0.329. The molecule has 0 amide bonds. The first-order chi connectivity index (χ1) is 12.2. The second-order valence-electron chi connectivity index (χ2n) is 5.37. The van der Waals surface area contributed by atoms with Gasteiger partial charge in [-0.25, -0.2) is 4.79 Å². The van der Waals surface area contributed by atoms with E-state index in [0.717, 1.165) is 28.0 Å². The molecule has 1 aromatic heterocycles. The molecule has 0 aliphatic heterocycles. The number of ether oxygens (including phenoxy) is 2. The zero-order chi connectivity index (χ0) is 17.6. The quantitative estimate of drug-likeness (QED) is 0.669. The summed E-state index contributed by atoms with van der Waals surface area (Å²) in [6, 6.07) is 15.0. The number of nitrogens with zero attached hydrogens (tertiary/aromatic N) is 1. The normalized spacial score (nSPS) is 10.5. The van der Waals surface area contributed by atoms with Crippen molar-refractivity contribution in [1.29, 1.82) is 0 Å². The first-order valence-electron chi connectivity index (χ1n) is 8.27. The number of pyridine rings is 1. The molecule has 0 aliphatic rings. The van der Waals surface area contributed by atoms with Crippen LogP contribution in [-0.2, 0) is 4.74 Å². The molecule has 1 heterocycles. The third-order valence-corrected chi connectivity index (χ3v) is 3.69. The number of benzene rings is 2. The van der Waals surface area contributed by atoms with E-state index in [9.17, 15) is 4.79 Å². The highest BCUT2D eigenvalue weighted by molar-refractivity contribution is 5.96. The number of carbonyl (C=O) groups is 1. The van der Waals surface area contributed by atoms with E-state index in [1.807, 2.05) is 43.3 Å². The van der Waals surface area contributed by atoms with Gasteiger partial charge in [-0.2, -0.15) is 0 Å². The summed E-state index contributed by atoms with van der Waals surface area (Å²) in [4.78, 5) is 16.3. The second-order valence-corrected chi connectivity index (χ2v) is 5.37. The van der Waals surface area contributed by atoms with Crippen LogP contribution in [0.1, 0.15) is 24.2 Å². The summed E-state index contributed by atoms with van der Waals surface area (Å²) in [5.41, 5.74) is 3.02. The van der Waals surface area contributed by atoms with Crippen molar-refractivity contribution in [3.8, 4) is 5.75 Å². The zero-order valence-electron chi connectivity index (χ0n) is 14.3. The van der Waals surface area contributed by atoms with Crippen molar-refractivity contribution in [1.82, 2.24) is 4.98 Å². The molecule has 5 heteroatoms. The Balaban J connectivity index is 1.95. The molecule has 3 rings (SSSR count). The van der Waals surface area contributed by atoms with E-state index in [2.05, 4.69) is 10.3 Å². The number of esters is 1. The Morgan fingerprint density at radius 1 is 1.08 bits per heavy atom. The average Bonchev–Trinajstić information content (AvgIpc) is 2.63. The van der Waals surface area contributed by atoms with Gasteiger partial charge in [-0.15, -0.1) is 0 Å². The molecule has 0 atom stereocenters. The van der Waals surface area contributed by atoms with Crippen LogP contribution in [0.5, 0.6) is 5.75 Å². The van der Waals surface area contributed by atoms with Gasteiger partial charge in [-0.3, -0.25) is 4.98 Å². The Morgan fingerprint density at radius 2 is 1.92 bits per heavy atom. The Bertz CT molecular complexity index is 893. The van der Waals surface area contributed by atoms with E-state index in [4.69, 9.17) is 9.47 Å². The zero-order valence-corrected chi connectivity index (χ0v) is 14.3. The van der Waals surface area contributed by atoms with Crippen molar-refractivity contribution in [2.45, 2.75) is 13.8 Å². The molecule has 0 unspecified atom stereocenters. The maximum absolute atomic E-state index is 11.9. The molecule has 0 saturated carbocycles. The van der Waals surface area contributed by atoms with E-state index in [0.29, 0.717) is 18.8 Å². The number of hydrogen-bond donors (Lipinski definition) is 1. The highest BCUT2D eigenvalue weighted by Crippen LogP contribution is 2.30. The number of rotatable bonds is 6. The van der Waals surface area contributed by atoms with Crippen LogP contribution in [0.2, 0.25) is 0 Å². The molecule has 0 saturated heterocycles. The van der Waals surface area contributed by atoms with Crippen molar-refractivity contribution < 1.29 is 14.3 Å². The third-order valence-electron chi connectivity index (χ3n) is 3.69. The van der Waals surface area contributed by atoms with Crippen LogP contribution >= 0.6 is 0 Å². The van der Waals surface area contributed by atoms with Crippen LogP contribution in [0.4, 0.5) is 11.4 Å². The van der Waals surface area contributed by atoms with Crippen molar-refractivity contribution >= 4 is 28.2 Å². The van der Waals surface area contributed by atoms with E-state index >= 15 is 0 Å². The van der Waals surface area contributed by atoms with Gasteiger partial charge < -0.3 is 14.8 Å². The van der Waals surface area contributed by atoms with E-state index in [1.54, 1.807) is 25.3 Å². The molecule has 0 radical (unpaired) electrons. The number of carbonyl (C=O) groups excluding carboxylic acids is 1. The van der Waals surface area contributed by atoms with Crippen molar-refractivity contribution in [3.63, 3.8) is 0 Å². The van der Waals surface area contributed by atoms with Crippen LogP contribution < -0.4 is 10.1 Å². The van der Waals surface area contributed by atoms with Gasteiger partial charge in [0.25, 0.3) is 0 Å². The van der Waals surface area contributed by atoms with Gasteiger partial charge in [-0.1, -0.05) is 18.2 Å². The lowest BCUT2D eigenvalue weighted by atomic mass is 10.1. The van der Waals surface area contributed by atoms with Crippen LogP contribution in [0.3, 0.4) is 0 Å². The number of hydrogen-bond acceptors (Lipinski definition) is 5. The van der Waals surface area contributed by atoms with Crippen molar-refractivity contribution in [2.24, 2.45) is 0 Å². The van der Waals surface area contributed by atoms with E-state index in [-0.39, 0.29) is 5.97 Å². The van der Waals surface area contributed by atoms with Crippen molar-refractivity contribution in [3.05, 3.63) is 60.3 Å². The van der Waals surface area contributed by atoms with Gasteiger partial charge >= 0.3 is 5.97 Å². The summed E-state index contributed by atoms with van der Waals surface area (Å²) >= 11 is 0. The fourth-order valence-corrected chi connectivity index (χ4v) is 2.62. The smallest absolute Gasteiger partial charge is 0.338 e. The monoisotopic (exact) mass is 336 g/mol. The first kappa shape index (κ1) is 16.8. The third kappa shape index (κ3) is 3.71. The van der Waals surface area contributed by atoms with Crippen LogP contribution in [0.15, 0.2) is 54.7 Å². The summed E-state index contributed by atoms with van der Waals surface area (Å²) in [5, 5.41) is 4.30. The molecule has 128 valence electrons. The molecule has 2 aromatic carbocycles. The SMILES string of the molecule is CCOC(=O)c1cccc(Nc2ccnc3c(OCC)cccc23)c1. The van der Waals surface area contributed by atoms with Crippen LogP contribution in [-0.4, -0.2) is 24.2 Å². The summed E-state index contributed by atoms with van der Waals surface area (Å²) in [5.74, 6) is 0.424. The van der Waals surface area contributed by atoms with Crippen LogP contribution in [0.25, 0.3) is 10.9 Å². The molecular weight excluding hydrogens is 316 g/mol. The largest absolute Gasteiger partial charge is 0.492 e. The van der Waals surface area contributed by atoms with Gasteiger partial charge in [0, 0.05) is 23.0 Å². The molecule has 5 nitrogen and oxygen atoms in total. The Kier molecular flexibility index (Phi) is 5.14. The second kappa shape index (κ2) is 7.66. The van der Waals surface area contributed by atoms with Gasteiger partial charge in [0.15, 0.2) is 0 Å². The highest BCUT2D eigenvalue weighted by atomic mass is 16.5. The summed E-state index contributed by atoms with van der Waals surface area (Å²) in [6.45, 7) is 4.67. The minimum absolute atomic E-state index is 0.329. The molecule has 0 spiro atoms. The predicted molar refractivity (Wildman–Crippen MR) is 98.6 cm³/mol. The van der Waals surface area contributed by atoms with Crippen molar-refractivity contribution in [2.75, 3.05) is 18.5 Å². The molecular formula is C20H20N2O3. The Hall–Kier alpha value is -3.08. The fraction of sp³-hybridized carbons (Fsp3) is 0.200. The number of anilines is 2. The molecule has 0 fully saturated rings. The first-order valence-corrected chi connectivity index (χ1v) is 8.27. The molecule has 3 aromatic rings. The standard InChI is InChI=1S/C20H20N2O3/c1-3-24-18-10-6-9-16-17(11-12-21-19(16)18)22-15-8-5-7-14(13-15)20(23)25-4-2/h5-13H,3-4H2,1-2H3,(H,21,22).